The number of pyridine rings is 1. The van der Waals surface area contributed by atoms with Crippen LogP contribution in [0.2, 0.25) is 0 Å². The molecule has 0 atom stereocenters. The zero-order valence-electron chi connectivity index (χ0n) is 18.7. The average molecular weight is 468 g/mol. The van der Waals surface area contributed by atoms with Gasteiger partial charge in [0.1, 0.15) is 0 Å². The van der Waals surface area contributed by atoms with Gasteiger partial charge in [0.05, 0.1) is 16.8 Å². The van der Waals surface area contributed by atoms with Crippen LogP contribution in [0, 0.1) is 0 Å². The van der Waals surface area contributed by atoms with Crippen molar-refractivity contribution in [1.29, 1.82) is 0 Å². The number of thioether (sulfide) groups is 1. The van der Waals surface area contributed by atoms with Crippen molar-refractivity contribution in [2.45, 2.75) is 17.7 Å². The zero-order valence-corrected chi connectivity index (χ0v) is 19.6. The quantitative estimate of drug-likeness (QED) is 0.393. The number of hydrogen-bond donors (Lipinski definition) is 1. The molecular weight excluding hydrogens is 442 g/mol. The first kappa shape index (κ1) is 22.2. The summed E-state index contributed by atoms with van der Waals surface area (Å²) >= 11 is 1.41. The van der Waals surface area contributed by atoms with E-state index in [0.29, 0.717) is 30.8 Å². The molecule has 0 spiro atoms. The number of para-hydroxylation sites is 2. The van der Waals surface area contributed by atoms with E-state index in [2.05, 4.69) is 16.4 Å². The summed E-state index contributed by atoms with van der Waals surface area (Å²) in [5.41, 5.74) is 4.89. The molecule has 2 heterocycles. The molecule has 0 aliphatic carbocycles. The van der Waals surface area contributed by atoms with Crippen molar-refractivity contribution in [3.63, 3.8) is 0 Å². The highest BCUT2D eigenvalue weighted by Crippen LogP contribution is 2.29. The maximum absolute atomic E-state index is 12.9. The summed E-state index contributed by atoms with van der Waals surface area (Å²) in [4.78, 5) is 33.0. The monoisotopic (exact) mass is 467 g/mol. The maximum Gasteiger partial charge on any atom is 0.252 e. The molecule has 1 aromatic heterocycles. The van der Waals surface area contributed by atoms with Gasteiger partial charge in [-0.25, -0.2) is 0 Å². The number of carbonyl (C=O) groups is 2. The smallest absolute Gasteiger partial charge is 0.252 e. The lowest BCUT2D eigenvalue weighted by atomic mass is 10.1. The molecule has 170 valence electrons. The maximum atomic E-state index is 12.9. The van der Waals surface area contributed by atoms with Crippen molar-refractivity contribution >= 4 is 40.2 Å². The zero-order chi connectivity index (χ0) is 23.3. The number of aromatic nitrogens is 1. The summed E-state index contributed by atoms with van der Waals surface area (Å²) in [5, 5.41) is 4.13. The minimum absolute atomic E-state index is 0.0635. The molecule has 34 heavy (non-hydrogen) atoms. The van der Waals surface area contributed by atoms with Crippen LogP contribution in [0.15, 0.2) is 90.0 Å². The number of nitrogens with zero attached hydrogens (tertiary/aromatic N) is 2. The second-order valence-corrected chi connectivity index (χ2v) is 9.22. The summed E-state index contributed by atoms with van der Waals surface area (Å²) in [7, 11) is 0. The van der Waals surface area contributed by atoms with E-state index in [9.17, 15) is 9.59 Å². The molecular formula is C28H25N3O2S. The van der Waals surface area contributed by atoms with Crippen molar-refractivity contribution < 1.29 is 9.59 Å². The average Bonchev–Trinajstić information content (AvgIpc) is 3.32. The van der Waals surface area contributed by atoms with Gasteiger partial charge in [0.15, 0.2) is 0 Å². The third-order valence-electron chi connectivity index (χ3n) is 6.07. The van der Waals surface area contributed by atoms with Gasteiger partial charge < -0.3 is 10.2 Å². The SMILES string of the molecule is O=C(NCCc1cccc2cccnc12)c1ccccc1SCC(=O)N1CCc2ccccc21. The van der Waals surface area contributed by atoms with Gasteiger partial charge in [-0.05, 0) is 48.2 Å². The van der Waals surface area contributed by atoms with Crippen LogP contribution in [0.4, 0.5) is 5.69 Å². The second kappa shape index (κ2) is 10.1. The molecule has 0 unspecified atom stereocenters. The molecule has 3 aromatic carbocycles. The molecule has 0 fully saturated rings. The van der Waals surface area contributed by atoms with Crippen molar-refractivity contribution in [3.05, 3.63) is 102 Å². The molecule has 6 heteroatoms. The van der Waals surface area contributed by atoms with Crippen LogP contribution < -0.4 is 10.2 Å². The van der Waals surface area contributed by atoms with Crippen molar-refractivity contribution in [1.82, 2.24) is 10.3 Å². The Balaban J connectivity index is 1.20. The van der Waals surface area contributed by atoms with Gasteiger partial charge in [0, 0.05) is 35.3 Å². The number of anilines is 1. The lowest BCUT2D eigenvalue weighted by molar-refractivity contribution is -0.116. The van der Waals surface area contributed by atoms with Crippen LogP contribution in [0.5, 0.6) is 0 Å². The van der Waals surface area contributed by atoms with E-state index < -0.39 is 0 Å². The lowest BCUT2D eigenvalue weighted by Crippen LogP contribution is -2.30. The van der Waals surface area contributed by atoms with Gasteiger partial charge in [-0.3, -0.25) is 14.6 Å². The van der Waals surface area contributed by atoms with E-state index in [1.807, 2.05) is 77.7 Å². The number of amides is 2. The Bertz CT molecular complexity index is 1350. The summed E-state index contributed by atoms with van der Waals surface area (Å²) in [5.74, 6) is 0.226. The standard InChI is InChI=1S/C28H25N3O2S/c32-26(31-18-15-20-7-1-3-12-24(20)31)19-34-25-13-4-2-11-23(25)28(33)30-17-14-22-9-5-8-21-10-6-16-29-27(21)22/h1-13,16H,14-15,17-19H2,(H,30,33). The number of carbonyl (C=O) groups excluding carboxylic acids is 2. The number of benzene rings is 3. The fourth-order valence-corrected chi connectivity index (χ4v) is 5.30. The van der Waals surface area contributed by atoms with Crippen LogP contribution in [-0.4, -0.2) is 35.6 Å². The Hall–Kier alpha value is -3.64. The Labute approximate surface area is 203 Å². The molecule has 1 aliphatic heterocycles. The first-order chi connectivity index (χ1) is 16.7. The Morgan fingerprint density at radius 1 is 0.941 bits per heavy atom. The third-order valence-corrected chi connectivity index (χ3v) is 7.13. The minimum atomic E-state index is -0.129. The molecule has 0 bridgehead atoms. The van der Waals surface area contributed by atoms with Crippen LogP contribution in [-0.2, 0) is 17.6 Å². The highest BCUT2D eigenvalue weighted by Gasteiger charge is 2.24. The van der Waals surface area contributed by atoms with E-state index in [-0.39, 0.29) is 11.8 Å². The fourth-order valence-electron chi connectivity index (χ4n) is 4.37. The van der Waals surface area contributed by atoms with Crippen molar-refractivity contribution in [3.8, 4) is 0 Å². The first-order valence-corrected chi connectivity index (χ1v) is 12.4. The van der Waals surface area contributed by atoms with Crippen LogP contribution in [0.3, 0.4) is 0 Å². The number of nitrogens with one attached hydrogen (secondary N) is 1. The van der Waals surface area contributed by atoms with Crippen molar-refractivity contribution in [2.75, 3.05) is 23.7 Å². The van der Waals surface area contributed by atoms with E-state index in [1.165, 1.54) is 17.3 Å². The Kier molecular flexibility index (Phi) is 6.58. The van der Waals surface area contributed by atoms with Gasteiger partial charge >= 0.3 is 0 Å². The van der Waals surface area contributed by atoms with E-state index in [1.54, 1.807) is 6.20 Å². The van der Waals surface area contributed by atoms with Gasteiger partial charge in [-0.2, -0.15) is 0 Å². The number of rotatable bonds is 7. The molecule has 0 saturated heterocycles. The molecule has 0 saturated carbocycles. The summed E-state index contributed by atoms with van der Waals surface area (Å²) in [6.07, 6.45) is 3.37. The summed E-state index contributed by atoms with van der Waals surface area (Å²) in [6.45, 7) is 1.22. The van der Waals surface area contributed by atoms with Crippen molar-refractivity contribution in [2.24, 2.45) is 0 Å². The van der Waals surface area contributed by atoms with E-state index >= 15 is 0 Å². The fraction of sp³-hybridized carbons (Fsp3) is 0.179. The second-order valence-electron chi connectivity index (χ2n) is 8.21. The number of fused-ring (bicyclic) bond motifs is 2. The van der Waals surface area contributed by atoms with Gasteiger partial charge in [0.25, 0.3) is 5.91 Å². The highest BCUT2D eigenvalue weighted by atomic mass is 32.2. The van der Waals surface area contributed by atoms with Gasteiger partial charge in [-0.15, -0.1) is 11.8 Å². The van der Waals surface area contributed by atoms with Crippen LogP contribution in [0.25, 0.3) is 10.9 Å². The molecule has 2 amide bonds. The summed E-state index contributed by atoms with van der Waals surface area (Å²) in [6, 6.07) is 25.6. The molecule has 5 rings (SSSR count). The topological polar surface area (TPSA) is 62.3 Å². The molecule has 1 N–H and O–H groups in total. The number of hydrogen-bond acceptors (Lipinski definition) is 4. The largest absolute Gasteiger partial charge is 0.352 e. The third kappa shape index (κ3) is 4.68. The van der Waals surface area contributed by atoms with Gasteiger partial charge in [-0.1, -0.05) is 54.6 Å². The molecule has 4 aromatic rings. The molecule has 1 aliphatic rings. The van der Waals surface area contributed by atoms with E-state index in [0.717, 1.165) is 33.5 Å². The van der Waals surface area contributed by atoms with E-state index in [4.69, 9.17) is 0 Å². The highest BCUT2D eigenvalue weighted by molar-refractivity contribution is 8.00. The van der Waals surface area contributed by atoms with Crippen LogP contribution >= 0.6 is 11.8 Å². The van der Waals surface area contributed by atoms with Gasteiger partial charge in [0.2, 0.25) is 5.91 Å². The van der Waals surface area contributed by atoms with Crippen LogP contribution in [0.1, 0.15) is 21.5 Å². The predicted octanol–water partition coefficient (Wildman–Crippen LogP) is 4.89. The normalized spacial score (nSPS) is 12.5. The lowest BCUT2D eigenvalue weighted by Gasteiger charge is -2.17. The Morgan fingerprint density at radius 3 is 2.71 bits per heavy atom. The summed E-state index contributed by atoms with van der Waals surface area (Å²) < 4.78 is 0. The Morgan fingerprint density at radius 2 is 1.76 bits per heavy atom. The molecule has 0 radical (unpaired) electrons. The minimum Gasteiger partial charge on any atom is -0.352 e. The predicted molar refractivity (Wildman–Crippen MR) is 137 cm³/mol. The first-order valence-electron chi connectivity index (χ1n) is 11.4. The molecule has 5 nitrogen and oxygen atoms in total.